The Morgan fingerprint density at radius 1 is 1.43 bits per heavy atom. The molecule has 2 heterocycles. The van der Waals surface area contributed by atoms with Crippen molar-refractivity contribution >= 4 is 17.0 Å². The van der Waals surface area contributed by atoms with Gasteiger partial charge in [0.05, 0.1) is 17.5 Å². The van der Waals surface area contributed by atoms with Gasteiger partial charge in [0.15, 0.2) is 0 Å². The van der Waals surface area contributed by atoms with Gasteiger partial charge >= 0.3 is 6.18 Å². The maximum atomic E-state index is 12.4. The number of nitrogens with two attached hydrogens (primary N) is 1. The van der Waals surface area contributed by atoms with Crippen LogP contribution < -0.4 is 5.73 Å². The summed E-state index contributed by atoms with van der Waals surface area (Å²) in [5.74, 6) is 0. The molecule has 1 unspecified atom stereocenters. The van der Waals surface area contributed by atoms with E-state index in [4.69, 9.17) is 11.1 Å². The Labute approximate surface area is 134 Å². The first-order valence-electron chi connectivity index (χ1n) is 6.57. The van der Waals surface area contributed by atoms with E-state index in [-0.39, 0.29) is 12.1 Å². The fourth-order valence-electron chi connectivity index (χ4n) is 1.86. The molecule has 0 bridgehead atoms. The minimum atomic E-state index is -4.68. The average Bonchev–Trinajstić information content (AvgIpc) is 3.00. The van der Waals surface area contributed by atoms with Gasteiger partial charge in [-0.25, -0.2) is 0 Å². The average molecular weight is 341 g/mol. The van der Waals surface area contributed by atoms with Gasteiger partial charge in [0.1, 0.15) is 5.70 Å². The first kappa shape index (κ1) is 17.2. The van der Waals surface area contributed by atoms with E-state index in [1.165, 1.54) is 23.6 Å². The maximum absolute atomic E-state index is 12.4. The molecule has 0 aliphatic rings. The molecule has 23 heavy (non-hydrogen) atoms. The van der Waals surface area contributed by atoms with Crippen LogP contribution in [0.3, 0.4) is 0 Å². The predicted molar refractivity (Wildman–Crippen MR) is 82.4 cm³/mol. The molecule has 8 heteroatoms. The molecule has 2 aromatic rings. The van der Waals surface area contributed by atoms with Gasteiger partial charge in [-0.15, -0.1) is 11.3 Å². The largest absolute Gasteiger partial charge is 0.430 e. The highest BCUT2D eigenvalue weighted by Crippen LogP contribution is 2.24. The molecule has 0 spiro atoms. The van der Waals surface area contributed by atoms with Crippen LogP contribution in [-0.4, -0.2) is 22.0 Å². The number of nitrogens with zero attached hydrogens (tertiary/aromatic N) is 1. The van der Waals surface area contributed by atoms with Crippen LogP contribution in [0.5, 0.6) is 0 Å². The Balaban J connectivity index is 2.15. The van der Waals surface area contributed by atoms with Gasteiger partial charge in [-0.05, 0) is 35.2 Å². The van der Waals surface area contributed by atoms with Crippen LogP contribution >= 0.6 is 11.3 Å². The first-order chi connectivity index (χ1) is 10.8. The molecule has 0 saturated heterocycles. The summed E-state index contributed by atoms with van der Waals surface area (Å²) in [5, 5.41) is 19.6. The van der Waals surface area contributed by atoms with Gasteiger partial charge in [0.2, 0.25) is 0 Å². The van der Waals surface area contributed by atoms with Gasteiger partial charge in [0, 0.05) is 17.5 Å². The van der Waals surface area contributed by atoms with E-state index in [0.717, 1.165) is 4.88 Å². The number of aromatic nitrogens is 1. The van der Waals surface area contributed by atoms with Crippen molar-refractivity contribution in [1.82, 2.24) is 4.98 Å². The molecular weight excluding hydrogens is 327 g/mol. The quantitative estimate of drug-likeness (QED) is 0.730. The van der Waals surface area contributed by atoms with Crippen molar-refractivity contribution < 1.29 is 18.3 Å². The molecule has 0 saturated carbocycles. The van der Waals surface area contributed by atoms with Crippen LogP contribution in [0.2, 0.25) is 0 Å². The van der Waals surface area contributed by atoms with Crippen molar-refractivity contribution in [2.75, 3.05) is 0 Å². The van der Waals surface area contributed by atoms with E-state index in [1.807, 2.05) is 11.4 Å². The SMILES string of the molecule is N=C(/C=C(\N)C(F)(F)F)c1cc(CC(O)c2cccs2)ccn1. The van der Waals surface area contributed by atoms with Gasteiger partial charge in [-0.3, -0.25) is 10.4 Å². The summed E-state index contributed by atoms with van der Waals surface area (Å²) >= 11 is 1.41. The summed E-state index contributed by atoms with van der Waals surface area (Å²) in [4.78, 5) is 4.66. The second-order valence-electron chi connectivity index (χ2n) is 4.80. The van der Waals surface area contributed by atoms with Crippen molar-refractivity contribution in [3.05, 3.63) is 63.7 Å². The second kappa shape index (κ2) is 6.93. The number of hydrogen-bond acceptors (Lipinski definition) is 5. The topological polar surface area (TPSA) is 83.0 Å². The highest BCUT2D eigenvalue weighted by Gasteiger charge is 2.31. The highest BCUT2D eigenvalue weighted by molar-refractivity contribution is 7.10. The standard InChI is InChI=1S/C15H14F3N3OS/c16-15(17,18)14(20)8-10(19)11-6-9(3-4-21-11)7-12(22)13-2-1-5-23-13/h1-6,8,12,19,22H,7,20H2/b14-8-,19-10?. The fourth-order valence-corrected chi connectivity index (χ4v) is 2.58. The van der Waals surface area contributed by atoms with E-state index in [2.05, 4.69) is 4.98 Å². The Morgan fingerprint density at radius 3 is 2.78 bits per heavy atom. The third kappa shape index (κ3) is 4.64. The summed E-state index contributed by atoms with van der Waals surface area (Å²) in [7, 11) is 0. The molecule has 0 aliphatic carbocycles. The minimum Gasteiger partial charge on any atom is -0.395 e. The molecule has 1 atom stereocenters. The van der Waals surface area contributed by atoms with Gasteiger partial charge in [-0.1, -0.05) is 6.07 Å². The van der Waals surface area contributed by atoms with Crippen molar-refractivity contribution in [1.29, 1.82) is 5.41 Å². The first-order valence-corrected chi connectivity index (χ1v) is 7.45. The highest BCUT2D eigenvalue weighted by atomic mass is 32.1. The summed E-state index contributed by atoms with van der Waals surface area (Å²) in [6.07, 6.45) is -3.20. The lowest BCUT2D eigenvalue weighted by Crippen LogP contribution is -2.21. The summed E-state index contributed by atoms with van der Waals surface area (Å²) in [6.45, 7) is 0. The van der Waals surface area contributed by atoms with Crippen LogP contribution in [0.1, 0.15) is 22.2 Å². The van der Waals surface area contributed by atoms with Crippen molar-refractivity contribution in [2.24, 2.45) is 5.73 Å². The number of allylic oxidation sites excluding steroid dienone is 2. The Kier molecular flexibility index (Phi) is 5.17. The van der Waals surface area contributed by atoms with Crippen LogP contribution in [0.4, 0.5) is 13.2 Å². The number of aliphatic hydroxyl groups is 1. The molecule has 122 valence electrons. The number of nitrogens with one attached hydrogen (secondary N) is 1. The van der Waals surface area contributed by atoms with Crippen molar-refractivity contribution in [2.45, 2.75) is 18.7 Å². The van der Waals surface area contributed by atoms with E-state index in [9.17, 15) is 18.3 Å². The lowest BCUT2D eigenvalue weighted by atomic mass is 10.1. The third-order valence-corrected chi connectivity index (χ3v) is 4.00. The molecule has 2 aromatic heterocycles. The van der Waals surface area contributed by atoms with Crippen LogP contribution in [-0.2, 0) is 6.42 Å². The smallest absolute Gasteiger partial charge is 0.395 e. The molecule has 2 rings (SSSR count). The number of aliphatic hydroxyl groups excluding tert-OH is 1. The zero-order chi connectivity index (χ0) is 17.0. The second-order valence-corrected chi connectivity index (χ2v) is 5.78. The van der Waals surface area contributed by atoms with Crippen molar-refractivity contribution in [3.8, 4) is 0 Å². The fraction of sp³-hybridized carbons (Fsp3) is 0.200. The van der Waals surface area contributed by atoms with Gasteiger partial charge in [-0.2, -0.15) is 13.2 Å². The predicted octanol–water partition coefficient (Wildman–Crippen LogP) is 3.19. The van der Waals surface area contributed by atoms with E-state index in [1.54, 1.807) is 12.1 Å². The number of alkyl halides is 3. The minimum absolute atomic E-state index is 0.0630. The van der Waals surface area contributed by atoms with Crippen molar-refractivity contribution in [3.63, 3.8) is 0 Å². The molecule has 4 N–H and O–H groups in total. The zero-order valence-corrected chi connectivity index (χ0v) is 12.7. The monoisotopic (exact) mass is 341 g/mol. The number of halogens is 3. The molecule has 0 radical (unpaired) electrons. The molecule has 0 aromatic carbocycles. The summed E-state index contributed by atoms with van der Waals surface area (Å²) in [6, 6.07) is 6.73. The molecule has 0 fully saturated rings. The molecule has 4 nitrogen and oxygen atoms in total. The molecule has 0 amide bonds. The summed E-state index contributed by atoms with van der Waals surface area (Å²) in [5.41, 5.74) is 3.84. The normalized spacial score (nSPS) is 13.8. The number of rotatable bonds is 5. The van der Waals surface area contributed by atoms with Crippen LogP contribution in [0, 0.1) is 5.41 Å². The van der Waals surface area contributed by atoms with E-state index in [0.29, 0.717) is 11.6 Å². The van der Waals surface area contributed by atoms with Gasteiger partial charge in [0.25, 0.3) is 0 Å². The number of hydrogen-bond donors (Lipinski definition) is 3. The van der Waals surface area contributed by atoms with E-state index >= 15 is 0 Å². The lowest BCUT2D eigenvalue weighted by Gasteiger charge is -2.10. The van der Waals surface area contributed by atoms with Crippen LogP contribution in [0.15, 0.2) is 47.6 Å². The molecular formula is C15H14F3N3OS. The number of pyridine rings is 1. The zero-order valence-electron chi connectivity index (χ0n) is 11.8. The number of thiophene rings is 1. The van der Waals surface area contributed by atoms with Crippen LogP contribution in [0.25, 0.3) is 0 Å². The van der Waals surface area contributed by atoms with E-state index < -0.39 is 23.7 Å². The maximum Gasteiger partial charge on any atom is 0.430 e. The van der Waals surface area contributed by atoms with Gasteiger partial charge < -0.3 is 10.8 Å². The lowest BCUT2D eigenvalue weighted by molar-refractivity contribution is -0.0925. The Morgan fingerprint density at radius 2 is 2.17 bits per heavy atom. The Hall–Kier alpha value is -2.19. The third-order valence-electron chi connectivity index (χ3n) is 3.03. The Bertz CT molecular complexity index is 711. The summed E-state index contributed by atoms with van der Waals surface area (Å²) < 4.78 is 37.2. The molecule has 0 aliphatic heterocycles.